The van der Waals surface area contributed by atoms with E-state index >= 15 is 0 Å². The summed E-state index contributed by atoms with van der Waals surface area (Å²) in [6, 6.07) is 7.72. The Morgan fingerprint density at radius 1 is 1.18 bits per heavy atom. The maximum Gasteiger partial charge on any atom is 0.409 e. The van der Waals surface area contributed by atoms with Crippen molar-refractivity contribution in [1.29, 1.82) is 0 Å². The summed E-state index contributed by atoms with van der Waals surface area (Å²) in [7, 11) is 0. The lowest BCUT2D eigenvalue weighted by atomic mass is 10.1. The lowest BCUT2D eigenvalue weighted by Crippen LogP contribution is -2.46. The zero-order valence-electron chi connectivity index (χ0n) is 16.1. The molecule has 7 nitrogen and oxygen atoms in total. The van der Waals surface area contributed by atoms with Crippen molar-refractivity contribution in [2.24, 2.45) is 0 Å². The number of carbonyl (C=O) groups is 2. The number of hydrogen-bond acceptors (Lipinski definition) is 6. The van der Waals surface area contributed by atoms with E-state index in [2.05, 4.69) is 10.3 Å². The lowest BCUT2D eigenvalue weighted by Gasteiger charge is -2.31. The molecular weight excluding hydrogens is 378 g/mol. The maximum atomic E-state index is 12.5. The third-order valence-corrected chi connectivity index (χ3v) is 5.40. The van der Waals surface area contributed by atoms with Crippen molar-refractivity contribution in [3.05, 3.63) is 35.3 Å². The molecule has 3 rings (SSSR count). The third-order valence-electron chi connectivity index (χ3n) is 4.51. The number of piperidine rings is 1. The van der Waals surface area contributed by atoms with Crippen LogP contribution in [0.4, 0.5) is 4.79 Å². The fraction of sp³-hybridized carbons (Fsp3) is 0.450. The standard InChI is InChI=1S/C20H25N3O4S/c1-3-26-16-7-5-14(6-8-16)19-22-17(13-28-19)18(24)21-15-9-11-23(12-10-15)20(25)27-4-2/h5-8,13,15H,3-4,9-12H2,1-2H3,(H,21,24). The van der Waals surface area contributed by atoms with E-state index in [0.29, 0.717) is 44.8 Å². The van der Waals surface area contributed by atoms with Crippen LogP contribution in [0.25, 0.3) is 10.6 Å². The quantitative estimate of drug-likeness (QED) is 0.798. The minimum atomic E-state index is -0.285. The van der Waals surface area contributed by atoms with Gasteiger partial charge in [-0.05, 0) is 51.0 Å². The average Bonchev–Trinajstić information content (AvgIpc) is 3.20. The van der Waals surface area contributed by atoms with E-state index in [0.717, 1.165) is 16.3 Å². The number of aromatic nitrogens is 1. The van der Waals surface area contributed by atoms with Gasteiger partial charge in [-0.2, -0.15) is 0 Å². The van der Waals surface area contributed by atoms with Crippen LogP contribution >= 0.6 is 11.3 Å². The van der Waals surface area contributed by atoms with Crippen LogP contribution in [0.5, 0.6) is 5.75 Å². The molecule has 0 aliphatic carbocycles. The number of hydrogen-bond donors (Lipinski definition) is 1. The maximum absolute atomic E-state index is 12.5. The summed E-state index contributed by atoms with van der Waals surface area (Å²) < 4.78 is 10.5. The van der Waals surface area contributed by atoms with Gasteiger partial charge in [0, 0.05) is 30.1 Å². The van der Waals surface area contributed by atoms with Crippen molar-refractivity contribution in [3.8, 4) is 16.3 Å². The van der Waals surface area contributed by atoms with Crippen LogP contribution in [0, 0.1) is 0 Å². The SMILES string of the molecule is CCOC(=O)N1CCC(NC(=O)c2csc(-c3ccc(OCC)cc3)n2)CC1. The molecule has 2 aromatic rings. The summed E-state index contributed by atoms with van der Waals surface area (Å²) in [4.78, 5) is 30.4. The van der Waals surface area contributed by atoms with Crippen LogP contribution in [0.1, 0.15) is 37.2 Å². The van der Waals surface area contributed by atoms with E-state index in [1.807, 2.05) is 31.2 Å². The number of likely N-dealkylation sites (tertiary alicyclic amines) is 1. The van der Waals surface area contributed by atoms with Gasteiger partial charge in [-0.15, -0.1) is 11.3 Å². The van der Waals surface area contributed by atoms with E-state index < -0.39 is 0 Å². The summed E-state index contributed by atoms with van der Waals surface area (Å²) in [6.07, 6.45) is 1.13. The Balaban J connectivity index is 1.54. The second-order valence-electron chi connectivity index (χ2n) is 6.43. The molecule has 1 aromatic carbocycles. The summed E-state index contributed by atoms with van der Waals surface area (Å²) in [5.41, 5.74) is 1.37. The number of nitrogens with zero attached hydrogens (tertiary/aromatic N) is 2. The molecule has 1 fully saturated rings. The van der Waals surface area contributed by atoms with Gasteiger partial charge in [-0.1, -0.05) is 0 Å². The van der Waals surface area contributed by atoms with Gasteiger partial charge in [-0.25, -0.2) is 9.78 Å². The molecule has 1 saturated heterocycles. The van der Waals surface area contributed by atoms with Crippen molar-refractivity contribution >= 4 is 23.3 Å². The van der Waals surface area contributed by atoms with Gasteiger partial charge >= 0.3 is 6.09 Å². The van der Waals surface area contributed by atoms with Crippen LogP contribution in [0.2, 0.25) is 0 Å². The molecule has 1 N–H and O–H groups in total. The number of ether oxygens (including phenoxy) is 2. The molecule has 0 saturated carbocycles. The minimum absolute atomic E-state index is 0.0359. The van der Waals surface area contributed by atoms with Gasteiger partial charge in [0.25, 0.3) is 5.91 Å². The zero-order valence-corrected chi connectivity index (χ0v) is 17.0. The lowest BCUT2D eigenvalue weighted by molar-refractivity contribution is 0.0857. The molecule has 28 heavy (non-hydrogen) atoms. The van der Waals surface area contributed by atoms with Gasteiger partial charge in [-0.3, -0.25) is 4.79 Å². The molecule has 1 aliphatic rings. The van der Waals surface area contributed by atoms with E-state index in [1.165, 1.54) is 11.3 Å². The van der Waals surface area contributed by atoms with E-state index in [-0.39, 0.29) is 18.0 Å². The van der Waals surface area contributed by atoms with Gasteiger partial charge < -0.3 is 19.7 Å². The first-order valence-corrected chi connectivity index (χ1v) is 10.4. The minimum Gasteiger partial charge on any atom is -0.494 e. The van der Waals surface area contributed by atoms with Crippen LogP contribution in [-0.2, 0) is 4.74 Å². The average molecular weight is 404 g/mol. The first kappa shape index (κ1) is 20.1. The number of carbonyl (C=O) groups excluding carboxylic acids is 2. The topological polar surface area (TPSA) is 80.8 Å². The van der Waals surface area contributed by atoms with Gasteiger partial charge in [0.05, 0.1) is 13.2 Å². The fourth-order valence-corrected chi connectivity index (χ4v) is 3.86. The van der Waals surface area contributed by atoms with Crippen molar-refractivity contribution in [1.82, 2.24) is 15.2 Å². The molecule has 0 spiro atoms. The molecule has 0 unspecified atom stereocenters. The van der Waals surface area contributed by atoms with E-state index in [9.17, 15) is 9.59 Å². The Labute approximate surface area is 168 Å². The molecule has 0 atom stereocenters. The summed E-state index contributed by atoms with van der Waals surface area (Å²) >= 11 is 1.44. The van der Waals surface area contributed by atoms with Gasteiger partial charge in [0.15, 0.2) is 0 Å². The predicted molar refractivity (Wildman–Crippen MR) is 108 cm³/mol. The largest absolute Gasteiger partial charge is 0.494 e. The smallest absolute Gasteiger partial charge is 0.409 e. The Morgan fingerprint density at radius 3 is 2.54 bits per heavy atom. The normalized spacial score (nSPS) is 14.6. The highest BCUT2D eigenvalue weighted by atomic mass is 32.1. The van der Waals surface area contributed by atoms with Crippen LogP contribution < -0.4 is 10.1 Å². The highest BCUT2D eigenvalue weighted by molar-refractivity contribution is 7.13. The first-order valence-electron chi connectivity index (χ1n) is 9.52. The molecule has 150 valence electrons. The highest BCUT2D eigenvalue weighted by Crippen LogP contribution is 2.26. The fourth-order valence-electron chi connectivity index (χ4n) is 3.05. The molecule has 0 radical (unpaired) electrons. The highest BCUT2D eigenvalue weighted by Gasteiger charge is 2.25. The van der Waals surface area contributed by atoms with Gasteiger partial charge in [0.2, 0.25) is 0 Å². The second-order valence-corrected chi connectivity index (χ2v) is 7.29. The monoisotopic (exact) mass is 403 g/mol. The van der Waals surface area contributed by atoms with Crippen LogP contribution in [-0.4, -0.2) is 54.2 Å². The van der Waals surface area contributed by atoms with Crippen LogP contribution in [0.3, 0.4) is 0 Å². The van der Waals surface area contributed by atoms with Crippen molar-refractivity contribution in [2.45, 2.75) is 32.7 Å². The van der Waals surface area contributed by atoms with Crippen molar-refractivity contribution < 1.29 is 19.1 Å². The molecule has 2 amide bonds. The van der Waals surface area contributed by atoms with E-state index in [1.54, 1.807) is 17.2 Å². The summed E-state index contributed by atoms with van der Waals surface area (Å²) in [5, 5.41) is 5.59. The Bertz CT molecular complexity index is 798. The summed E-state index contributed by atoms with van der Waals surface area (Å²) in [6.45, 7) is 5.90. The third kappa shape index (κ3) is 5.01. The number of nitrogens with one attached hydrogen (secondary N) is 1. The first-order chi connectivity index (χ1) is 13.6. The van der Waals surface area contributed by atoms with E-state index in [4.69, 9.17) is 9.47 Å². The number of thiazole rings is 1. The Hall–Kier alpha value is -2.61. The van der Waals surface area contributed by atoms with Crippen molar-refractivity contribution in [3.63, 3.8) is 0 Å². The number of amides is 2. The molecule has 2 heterocycles. The molecule has 1 aliphatic heterocycles. The Morgan fingerprint density at radius 2 is 1.89 bits per heavy atom. The predicted octanol–water partition coefficient (Wildman–Crippen LogP) is 3.56. The second kappa shape index (κ2) is 9.54. The number of rotatable bonds is 6. The van der Waals surface area contributed by atoms with Crippen molar-refractivity contribution in [2.75, 3.05) is 26.3 Å². The van der Waals surface area contributed by atoms with Gasteiger partial charge in [0.1, 0.15) is 16.5 Å². The number of benzene rings is 1. The zero-order chi connectivity index (χ0) is 19.9. The molecule has 1 aromatic heterocycles. The van der Waals surface area contributed by atoms with Crippen LogP contribution in [0.15, 0.2) is 29.6 Å². The molecular formula is C20H25N3O4S. The summed E-state index contributed by atoms with van der Waals surface area (Å²) in [5.74, 6) is 0.637. The molecule has 8 heteroatoms. The molecule has 0 bridgehead atoms. The Kier molecular flexibility index (Phi) is 6.86.